The molecule has 4 rings (SSSR count). The quantitative estimate of drug-likeness (QED) is 0.823. The second-order valence-electron chi connectivity index (χ2n) is 6.97. The van der Waals surface area contributed by atoms with Crippen molar-refractivity contribution < 1.29 is 13.2 Å². The molecule has 0 N–H and O–H groups in total. The Balaban J connectivity index is 1.49. The van der Waals surface area contributed by atoms with Crippen LogP contribution in [0.1, 0.15) is 36.2 Å². The van der Waals surface area contributed by atoms with E-state index in [0.29, 0.717) is 36.1 Å². The monoisotopic (exact) mass is 373 g/mol. The van der Waals surface area contributed by atoms with Crippen LogP contribution in [0.4, 0.5) is 0 Å². The van der Waals surface area contributed by atoms with Crippen molar-refractivity contribution in [2.75, 3.05) is 13.1 Å². The number of hydrogen-bond donors (Lipinski definition) is 0. The summed E-state index contributed by atoms with van der Waals surface area (Å²) in [5, 5.41) is 0. The molecule has 0 amide bonds. The van der Waals surface area contributed by atoms with Crippen molar-refractivity contribution in [2.45, 2.75) is 50.0 Å². The lowest BCUT2D eigenvalue weighted by atomic mass is 9.92. The highest BCUT2D eigenvalue weighted by Gasteiger charge is 2.34. The summed E-state index contributed by atoms with van der Waals surface area (Å²) in [7, 11) is -3.48. The molecule has 1 aliphatic carbocycles. The van der Waals surface area contributed by atoms with E-state index >= 15 is 0 Å². The van der Waals surface area contributed by atoms with Crippen molar-refractivity contribution >= 4 is 10.0 Å². The lowest BCUT2D eigenvalue weighted by Crippen LogP contribution is -2.31. The number of hydrogen-bond acceptors (Lipinski definition) is 5. The number of nitrogens with zero attached hydrogens (tertiary/aromatic N) is 3. The van der Waals surface area contributed by atoms with E-state index in [9.17, 15) is 8.42 Å². The third-order valence-corrected chi connectivity index (χ3v) is 6.96. The molecule has 1 atom stereocenters. The molecular formula is C19H23N3O3S. The summed E-state index contributed by atoms with van der Waals surface area (Å²) in [6.45, 7) is 2.62. The van der Waals surface area contributed by atoms with Crippen molar-refractivity contribution in [3.63, 3.8) is 0 Å². The lowest BCUT2D eigenvalue weighted by molar-refractivity contribution is 0.206. The Bertz CT molecular complexity index is 914. The average Bonchev–Trinajstić information content (AvgIpc) is 3.10. The molecule has 1 saturated heterocycles. The summed E-state index contributed by atoms with van der Waals surface area (Å²) >= 11 is 0. The van der Waals surface area contributed by atoms with Crippen LogP contribution in [0, 0.1) is 6.92 Å². The molecule has 1 fully saturated rings. The highest BCUT2D eigenvalue weighted by atomic mass is 32.2. The standard InChI is InChI=1S/C19H23N3O3S/c1-14-20-10-8-19(21-14)25-17-9-11-22(13-17)26(23,24)18-7-6-15-4-2-3-5-16(15)12-18/h6-8,10,12,17H,2-5,9,11,13H2,1H3/t17-/m1/s1. The average molecular weight is 373 g/mol. The lowest BCUT2D eigenvalue weighted by Gasteiger charge is -2.20. The number of aryl methyl sites for hydroxylation is 3. The molecular weight excluding hydrogens is 350 g/mol. The zero-order valence-corrected chi connectivity index (χ0v) is 15.7. The van der Waals surface area contributed by atoms with Crippen LogP contribution in [0.15, 0.2) is 35.4 Å². The molecule has 0 saturated carbocycles. The maximum Gasteiger partial charge on any atom is 0.243 e. The van der Waals surface area contributed by atoms with Gasteiger partial charge < -0.3 is 4.74 Å². The molecule has 138 valence electrons. The summed E-state index contributed by atoms with van der Waals surface area (Å²) in [5.74, 6) is 1.13. The number of benzene rings is 1. The molecule has 0 bridgehead atoms. The van der Waals surface area contributed by atoms with Gasteiger partial charge in [-0.3, -0.25) is 0 Å². The van der Waals surface area contributed by atoms with Crippen LogP contribution in [0.2, 0.25) is 0 Å². The van der Waals surface area contributed by atoms with Crippen LogP contribution in [0.3, 0.4) is 0 Å². The van der Waals surface area contributed by atoms with Gasteiger partial charge in [-0.15, -0.1) is 0 Å². The summed E-state index contributed by atoms with van der Waals surface area (Å²) in [6, 6.07) is 7.30. The Labute approximate surface area is 154 Å². The van der Waals surface area contributed by atoms with Gasteiger partial charge in [0.1, 0.15) is 11.9 Å². The van der Waals surface area contributed by atoms with Gasteiger partial charge in [0, 0.05) is 18.8 Å². The highest BCUT2D eigenvalue weighted by Crippen LogP contribution is 2.28. The van der Waals surface area contributed by atoms with E-state index in [-0.39, 0.29) is 6.10 Å². The fraction of sp³-hybridized carbons (Fsp3) is 0.474. The first-order valence-electron chi connectivity index (χ1n) is 9.10. The van der Waals surface area contributed by atoms with E-state index < -0.39 is 10.0 Å². The van der Waals surface area contributed by atoms with Gasteiger partial charge in [-0.05, 0) is 62.3 Å². The SMILES string of the molecule is Cc1nccc(O[C@@H]2CCN(S(=O)(=O)c3ccc4c(c3)CCCC4)C2)n1. The number of ether oxygens (including phenoxy) is 1. The van der Waals surface area contributed by atoms with Crippen LogP contribution in [0.5, 0.6) is 5.88 Å². The van der Waals surface area contributed by atoms with Crippen molar-refractivity contribution in [3.8, 4) is 5.88 Å². The van der Waals surface area contributed by atoms with Gasteiger partial charge in [0.15, 0.2) is 0 Å². The summed E-state index contributed by atoms with van der Waals surface area (Å²) < 4.78 is 33.4. The molecule has 1 aliphatic heterocycles. The third kappa shape index (κ3) is 3.46. The van der Waals surface area contributed by atoms with Crippen LogP contribution in [-0.2, 0) is 22.9 Å². The van der Waals surface area contributed by atoms with E-state index in [1.54, 1.807) is 25.3 Å². The number of fused-ring (bicyclic) bond motifs is 1. The van der Waals surface area contributed by atoms with Gasteiger partial charge in [-0.1, -0.05) is 6.07 Å². The molecule has 1 aromatic heterocycles. The summed E-state index contributed by atoms with van der Waals surface area (Å²) in [5.41, 5.74) is 2.47. The Morgan fingerprint density at radius 1 is 1.15 bits per heavy atom. The third-order valence-electron chi connectivity index (χ3n) is 5.10. The first-order valence-corrected chi connectivity index (χ1v) is 10.5. The van der Waals surface area contributed by atoms with E-state index in [1.807, 2.05) is 12.1 Å². The first-order chi connectivity index (χ1) is 12.5. The van der Waals surface area contributed by atoms with Crippen molar-refractivity contribution in [2.24, 2.45) is 0 Å². The molecule has 7 heteroatoms. The zero-order valence-electron chi connectivity index (χ0n) is 14.9. The summed E-state index contributed by atoms with van der Waals surface area (Å²) in [6.07, 6.45) is 6.46. The van der Waals surface area contributed by atoms with E-state index in [1.165, 1.54) is 21.9 Å². The molecule has 0 unspecified atom stereocenters. The van der Waals surface area contributed by atoms with Gasteiger partial charge in [0.25, 0.3) is 0 Å². The smallest absolute Gasteiger partial charge is 0.243 e. The largest absolute Gasteiger partial charge is 0.473 e. The molecule has 0 radical (unpaired) electrons. The predicted molar refractivity (Wildman–Crippen MR) is 97.6 cm³/mol. The van der Waals surface area contributed by atoms with Gasteiger partial charge >= 0.3 is 0 Å². The fourth-order valence-corrected chi connectivity index (χ4v) is 5.24. The molecule has 1 aromatic carbocycles. The van der Waals surface area contributed by atoms with Crippen molar-refractivity contribution in [1.29, 1.82) is 0 Å². The Kier molecular flexibility index (Phi) is 4.67. The predicted octanol–water partition coefficient (Wildman–Crippen LogP) is 2.51. The van der Waals surface area contributed by atoms with Crippen LogP contribution in [-0.4, -0.2) is 41.9 Å². The number of sulfonamides is 1. The van der Waals surface area contributed by atoms with E-state index in [0.717, 1.165) is 19.3 Å². The van der Waals surface area contributed by atoms with Gasteiger partial charge in [-0.2, -0.15) is 9.29 Å². The van der Waals surface area contributed by atoms with E-state index in [2.05, 4.69) is 9.97 Å². The number of aromatic nitrogens is 2. The minimum Gasteiger partial charge on any atom is -0.473 e. The molecule has 6 nitrogen and oxygen atoms in total. The van der Waals surface area contributed by atoms with Crippen molar-refractivity contribution in [1.82, 2.24) is 14.3 Å². The maximum absolute atomic E-state index is 13.0. The Morgan fingerprint density at radius 3 is 2.77 bits per heavy atom. The maximum atomic E-state index is 13.0. The zero-order chi connectivity index (χ0) is 18.1. The normalized spacial score (nSPS) is 20.7. The Hall–Kier alpha value is -1.99. The Morgan fingerprint density at radius 2 is 1.96 bits per heavy atom. The fourth-order valence-electron chi connectivity index (χ4n) is 3.70. The molecule has 2 heterocycles. The van der Waals surface area contributed by atoms with Gasteiger partial charge in [0.05, 0.1) is 11.4 Å². The minimum absolute atomic E-state index is 0.184. The highest BCUT2D eigenvalue weighted by molar-refractivity contribution is 7.89. The molecule has 2 aliphatic rings. The second kappa shape index (κ2) is 6.96. The topological polar surface area (TPSA) is 72.4 Å². The molecule has 26 heavy (non-hydrogen) atoms. The van der Waals surface area contributed by atoms with Crippen molar-refractivity contribution in [3.05, 3.63) is 47.4 Å². The number of rotatable bonds is 4. The van der Waals surface area contributed by atoms with Crippen LogP contribution in [0.25, 0.3) is 0 Å². The van der Waals surface area contributed by atoms with Gasteiger partial charge in [-0.25, -0.2) is 13.4 Å². The van der Waals surface area contributed by atoms with E-state index in [4.69, 9.17) is 4.74 Å². The first kappa shape index (κ1) is 17.4. The molecule has 0 spiro atoms. The van der Waals surface area contributed by atoms with Gasteiger partial charge in [0.2, 0.25) is 15.9 Å². The summed E-state index contributed by atoms with van der Waals surface area (Å²) in [4.78, 5) is 8.67. The second-order valence-corrected chi connectivity index (χ2v) is 8.91. The van der Waals surface area contributed by atoms with Crippen LogP contribution < -0.4 is 4.74 Å². The molecule has 2 aromatic rings. The van der Waals surface area contributed by atoms with Crippen LogP contribution >= 0.6 is 0 Å². The minimum atomic E-state index is -3.48.